The van der Waals surface area contributed by atoms with Gasteiger partial charge in [-0.1, -0.05) is 19.9 Å². The van der Waals surface area contributed by atoms with Gasteiger partial charge in [-0.3, -0.25) is 9.67 Å². The highest BCUT2D eigenvalue weighted by atomic mass is 19.4. The van der Waals surface area contributed by atoms with Crippen molar-refractivity contribution in [3.63, 3.8) is 0 Å². The fraction of sp³-hybridized carbons (Fsp3) is 0.370. The SMILES string of the molecule is CC1(C)[C@H]2CC[C@]1(c1cncc(-c3ccn(C[C@@H](O)C(F)(F)F)n3)n1)c1nnc(-c3c(F)cccc3F)cc12. The summed E-state index contributed by atoms with van der Waals surface area (Å²) in [6.07, 6.45) is -1.37. The summed E-state index contributed by atoms with van der Waals surface area (Å²) in [5.74, 6) is -1.41. The number of halogens is 5. The van der Waals surface area contributed by atoms with Gasteiger partial charge in [0.25, 0.3) is 0 Å². The lowest BCUT2D eigenvalue weighted by Gasteiger charge is -2.37. The third kappa shape index (κ3) is 3.75. The summed E-state index contributed by atoms with van der Waals surface area (Å²) >= 11 is 0. The molecule has 0 amide bonds. The van der Waals surface area contributed by atoms with E-state index < -0.39 is 35.9 Å². The van der Waals surface area contributed by atoms with E-state index in [4.69, 9.17) is 4.98 Å². The van der Waals surface area contributed by atoms with E-state index in [0.29, 0.717) is 29.2 Å². The largest absolute Gasteiger partial charge is 0.416 e. The van der Waals surface area contributed by atoms with Crippen LogP contribution in [0.15, 0.2) is 48.9 Å². The van der Waals surface area contributed by atoms with E-state index in [1.165, 1.54) is 36.7 Å². The number of fused-ring (bicyclic) bond motifs is 5. The number of hydrogen-bond donors (Lipinski definition) is 1. The smallest absolute Gasteiger partial charge is 0.382 e. The molecule has 1 N–H and O–H groups in total. The molecule has 12 heteroatoms. The van der Waals surface area contributed by atoms with Gasteiger partial charge in [0.05, 0.1) is 40.8 Å². The topological polar surface area (TPSA) is 89.6 Å². The third-order valence-electron chi connectivity index (χ3n) is 8.31. The minimum Gasteiger partial charge on any atom is -0.382 e. The minimum atomic E-state index is -4.76. The normalized spacial score (nSPS) is 22.2. The van der Waals surface area contributed by atoms with Crippen LogP contribution in [0, 0.1) is 17.0 Å². The highest BCUT2D eigenvalue weighted by Crippen LogP contribution is 2.69. The van der Waals surface area contributed by atoms with Gasteiger partial charge in [-0.15, -0.1) is 5.10 Å². The molecule has 3 heterocycles. The molecule has 39 heavy (non-hydrogen) atoms. The second-order valence-corrected chi connectivity index (χ2v) is 10.6. The van der Waals surface area contributed by atoms with Crippen LogP contribution in [-0.2, 0) is 12.0 Å². The Bertz CT molecular complexity index is 1560. The Kier molecular flexibility index (Phi) is 5.62. The van der Waals surface area contributed by atoms with Crippen molar-refractivity contribution in [3.05, 3.63) is 77.5 Å². The Hall–Kier alpha value is -3.80. The van der Waals surface area contributed by atoms with Crippen LogP contribution < -0.4 is 0 Å². The van der Waals surface area contributed by atoms with E-state index >= 15 is 0 Å². The van der Waals surface area contributed by atoms with Crippen LogP contribution in [0.3, 0.4) is 0 Å². The number of hydrogen-bond acceptors (Lipinski definition) is 6. The van der Waals surface area contributed by atoms with E-state index in [1.807, 2.05) is 0 Å². The summed E-state index contributed by atoms with van der Waals surface area (Å²) in [5.41, 5.74) is 1.61. The summed E-state index contributed by atoms with van der Waals surface area (Å²) in [6.45, 7) is 3.44. The zero-order valence-corrected chi connectivity index (χ0v) is 20.9. The lowest BCUT2D eigenvalue weighted by atomic mass is 9.66. The van der Waals surface area contributed by atoms with Crippen LogP contribution >= 0.6 is 0 Å². The van der Waals surface area contributed by atoms with Gasteiger partial charge in [-0.2, -0.15) is 23.4 Å². The molecule has 0 saturated heterocycles. The zero-order valence-electron chi connectivity index (χ0n) is 20.9. The van der Waals surface area contributed by atoms with Crippen molar-refractivity contribution in [2.75, 3.05) is 0 Å². The lowest BCUT2D eigenvalue weighted by molar-refractivity contribution is -0.208. The molecule has 7 nitrogen and oxygen atoms in total. The van der Waals surface area contributed by atoms with Crippen LogP contribution in [0.2, 0.25) is 0 Å². The quantitative estimate of drug-likeness (QED) is 0.349. The summed E-state index contributed by atoms with van der Waals surface area (Å²) in [5, 5.41) is 22.3. The Morgan fingerprint density at radius 3 is 2.51 bits per heavy atom. The Balaban J connectivity index is 1.40. The maximum Gasteiger partial charge on any atom is 0.416 e. The molecule has 202 valence electrons. The lowest BCUT2D eigenvalue weighted by Crippen LogP contribution is -2.38. The van der Waals surface area contributed by atoms with Crippen LogP contribution in [0.5, 0.6) is 0 Å². The number of aliphatic hydroxyl groups is 1. The number of benzene rings is 1. The number of alkyl halides is 3. The van der Waals surface area contributed by atoms with Crippen molar-refractivity contribution in [3.8, 4) is 22.6 Å². The van der Waals surface area contributed by atoms with Crippen molar-refractivity contribution in [1.29, 1.82) is 0 Å². The maximum absolute atomic E-state index is 14.5. The molecule has 0 unspecified atom stereocenters. The van der Waals surface area contributed by atoms with Gasteiger partial charge in [-0.25, -0.2) is 13.8 Å². The monoisotopic (exact) mass is 542 g/mol. The van der Waals surface area contributed by atoms with Crippen molar-refractivity contribution in [1.82, 2.24) is 29.9 Å². The first-order valence-corrected chi connectivity index (χ1v) is 12.4. The van der Waals surface area contributed by atoms with E-state index in [-0.39, 0.29) is 22.6 Å². The minimum absolute atomic E-state index is 0.0325. The molecule has 3 atom stereocenters. The highest BCUT2D eigenvalue weighted by molar-refractivity contribution is 5.64. The molecule has 4 aromatic rings. The first-order chi connectivity index (χ1) is 18.4. The fourth-order valence-electron chi connectivity index (χ4n) is 6.33. The average molecular weight is 543 g/mol. The highest BCUT2D eigenvalue weighted by Gasteiger charge is 2.65. The molecule has 2 bridgehead atoms. The first kappa shape index (κ1) is 25.5. The summed E-state index contributed by atoms with van der Waals surface area (Å²) in [7, 11) is 0. The van der Waals surface area contributed by atoms with Gasteiger partial charge in [0.1, 0.15) is 23.0 Å². The van der Waals surface area contributed by atoms with Crippen LogP contribution in [0.4, 0.5) is 22.0 Å². The molecule has 1 saturated carbocycles. The summed E-state index contributed by atoms with van der Waals surface area (Å²) < 4.78 is 68.3. The van der Waals surface area contributed by atoms with Crippen LogP contribution in [0.25, 0.3) is 22.6 Å². The van der Waals surface area contributed by atoms with Crippen LogP contribution in [-0.4, -0.2) is 47.3 Å². The second kappa shape index (κ2) is 8.60. The van der Waals surface area contributed by atoms with Crippen molar-refractivity contribution < 1.29 is 27.1 Å². The summed E-state index contributed by atoms with van der Waals surface area (Å²) in [4.78, 5) is 9.19. The van der Waals surface area contributed by atoms with E-state index in [1.54, 1.807) is 12.3 Å². The predicted molar refractivity (Wildman–Crippen MR) is 129 cm³/mol. The zero-order chi connectivity index (χ0) is 27.7. The number of aliphatic hydroxyl groups excluding tert-OH is 1. The predicted octanol–water partition coefficient (Wildman–Crippen LogP) is 5.20. The molecule has 3 aromatic heterocycles. The molecule has 0 spiro atoms. The van der Waals surface area contributed by atoms with Crippen LogP contribution in [0.1, 0.15) is 49.6 Å². The van der Waals surface area contributed by atoms with E-state index in [9.17, 15) is 27.1 Å². The number of nitrogens with zero attached hydrogens (tertiary/aromatic N) is 6. The molecule has 0 radical (unpaired) electrons. The molecule has 6 rings (SSSR count). The third-order valence-corrected chi connectivity index (χ3v) is 8.31. The van der Waals surface area contributed by atoms with Crippen molar-refractivity contribution in [2.24, 2.45) is 5.41 Å². The van der Waals surface area contributed by atoms with Crippen molar-refractivity contribution >= 4 is 0 Å². The fourth-order valence-corrected chi connectivity index (χ4v) is 6.33. The molecule has 0 aliphatic heterocycles. The van der Waals surface area contributed by atoms with E-state index in [2.05, 4.69) is 34.1 Å². The first-order valence-electron chi connectivity index (χ1n) is 12.4. The van der Waals surface area contributed by atoms with Gasteiger partial charge in [0, 0.05) is 12.4 Å². The molecule has 2 aliphatic carbocycles. The van der Waals surface area contributed by atoms with Gasteiger partial charge in [0.15, 0.2) is 6.10 Å². The maximum atomic E-state index is 14.5. The standard InChI is InChI=1S/C27H23F5N6O/c1-25(2)15-6-8-26(25,24-14(15)10-19(35-36-24)23-16(28)4-3-5-17(23)29)21-12-33-11-20(34-21)18-7-9-38(37-18)13-22(39)27(30,31)32/h3-5,7,9-12,15,22,39H,6,8,13H2,1-2H3/t15-,22+,26-/m0/s1. The van der Waals surface area contributed by atoms with Gasteiger partial charge >= 0.3 is 6.18 Å². The van der Waals surface area contributed by atoms with Gasteiger partial charge < -0.3 is 5.11 Å². The van der Waals surface area contributed by atoms with Crippen molar-refractivity contribution in [2.45, 2.75) is 56.8 Å². The van der Waals surface area contributed by atoms with Gasteiger partial charge in [0.2, 0.25) is 0 Å². The number of aromatic nitrogens is 6. The molecule has 2 aliphatic rings. The Morgan fingerprint density at radius 2 is 1.79 bits per heavy atom. The van der Waals surface area contributed by atoms with Gasteiger partial charge in [-0.05, 0) is 54.0 Å². The molecule has 1 aromatic carbocycles. The second-order valence-electron chi connectivity index (χ2n) is 10.6. The van der Waals surface area contributed by atoms with E-state index in [0.717, 1.165) is 16.7 Å². The molecule has 1 fully saturated rings. The number of rotatable bonds is 5. The molecular weight excluding hydrogens is 519 g/mol. The average Bonchev–Trinajstić information content (AvgIpc) is 3.51. The Labute approximate surface area is 219 Å². The summed E-state index contributed by atoms with van der Waals surface area (Å²) in [6, 6.07) is 6.87. The Morgan fingerprint density at radius 1 is 1.05 bits per heavy atom. The molecular formula is C27H23F5N6O.